The van der Waals surface area contributed by atoms with Gasteiger partial charge in [0, 0.05) is 29.3 Å². The van der Waals surface area contributed by atoms with Gasteiger partial charge in [0.2, 0.25) is 0 Å². The van der Waals surface area contributed by atoms with Crippen molar-refractivity contribution < 1.29 is 4.79 Å². The Bertz CT molecular complexity index is 1620. The SMILES string of the molecule is Cc1cnc(C(=O)Nc2ccc(C)c(Nc3ncccc3-c3ncnc4nc[nH]c34)c2)cc1C#N. The van der Waals surface area contributed by atoms with Crippen molar-refractivity contribution >= 4 is 34.3 Å². The molecular weight excluding hydrogens is 442 g/mol. The zero-order valence-corrected chi connectivity index (χ0v) is 18.9. The summed E-state index contributed by atoms with van der Waals surface area (Å²) in [4.78, 5) is 37.3. The van der Waals surface area contributed by atoms with E-state index in [0.717, 1.165) is 16.8 Å². The van der Waals surface area contributed by atoms with Gasteiger partial charge in [0.25, 0.3) is 5.91 Å². The highest BCUT2D eigenvalue weighted by Crippen LogP contribution is 2.32. The number of amides is 1. The molecule has 10 heteroatoms. The molecule has 1 aromatic carbocycles. The van der Waals surface area contributed by atoms with Crippen LogP contribution in [0.2, 0.25) is 0 Å². The molecule has 0 fully saturated rings. The summed E-state index contributed by atoms with van der Waals surface area (Å²) in [6, 6.07) is 12.8. The van der Waals surface area contributed by atoms with Gasteiger partial charge in [0.05, 0.1) is 18.0 Å². The van der Waals surface area contributed by atoms with Crippen LogP contribution >= 0.6 is 0 Å². The number of aryl methyl sites for hydroxylation is 2. The molecule has 170 valence electrons. The second-order valence-corrected chi connectivity index (χ2v) is 7.83. The van der Waals surface area contributed by atoms with Crippen molar-refractivity contribution in [1.29, 1.82) is 5.26 Å². The third kappa shape index (κ3) is 4.26. The molecule has 0 saturated carbocycles. The smallest absolute Gasteiger partial charge is 0.274 e. The third-order valence-electron chi connectivity index (χ3n) is 5.49. The number of fused-ring (bicyclic) bond motifs is 1. The Balaban J connectivity index is 1.45. The fourth-order valence-electron chi connectivity index (χ4n) is 3.59. The highest BCUT2D eigenvalue weighted by atomic mass is 16.1. The van der Waals surface area contributed by atoms with Crippen LogP contribution in [0.15, 0.2) is 61.4 Å². The Morgan fingerprint density at radius 1 is 1.03 bits per heavy atom. The van der Waals surface area contributed by atoms with E-state index in [1.54, 1.807) is 25.5 Å². The summed E-state index contributed by atoms with van der Waals surface area (Å²) in [5.41, 5.74) is 6.29. The lowest BCUT2D eigenvalue weighted by atomic mass is 10.1. The van der Waals surface area contributed by atoms with Crippen molar-refractivity contribution in [2.45, 2.75) is 13.8 Å². The van der Waals surface area contributed by atoms with E-state index in [1.165, 1.54) is 18.6 Å². The van der Waals surface area contributed by atoms with E-state index in [2.05, 4.69) is 46.6 Å². The lowest BCUT2D eigenvalue weighted by molar-refractivity contribution is 0.102. The molecule has 0 aliphatic heterocycles. The number of imidazole rings is 1. The van der Waals surface area contributed by atoms with Crippen LogP contribution in [0.25, 0.3) is 22.4 Å². The molecule has 4 aromatic heterocycles. The molecule has 4 heterocycles. The van der Waals surface area contributed by atoms with Gasteiger partial charge in [-0.25, -0.2) is 19.9 Å². The molecule has 5 aromatic rings. The summed E-state index contributed by atoms with van der Waals surface area (Å²) < 4.78 is 0. The van der Waals surface area contributed by atoms with Gasteiger partial charge in [0.1, 0.15) is 29.0 Å². The number of carbonyl (C=O) groups is 1. The van der Waals surface area contributed by atoms with Crippen LogP contribution in [0, 0.1) is 25.2 Å². The second-order valence-electron chi connectivity index (χ2n) is 7.83. The number of hydrogen-bond acceptors (Lipinski definition) is 8. The first kappa shape index (κ1) is 21.7. The third-order valence-corrected chi connectivity index (χ3v) is 5.49. The normalized spacial score (nSPS) is 10.7. The molecule has 35 heavy (non-hydrogen) atoms. The van der Waals surface area contributed by atoms with Gasteiger partial charge in [-0.2, -0.15) is 5.26 Å². The predicted octanol–water partition coefficient (Wildman–Crippen LogP) is 4.29. The van der Waals surface area contributed by atoms with Crippen molar-refractivity contribution in [2.24, 2.45) is 0 Å². The van der Waals surface area contributed by atoms with E-state index in [0.29, 0.717) is 39.5 Å². The zero-order valence-electron chi connectivity index (χ0n) is 18.9. The van der Waals surface area contributed by atoms with E-state index in [-0.39, 0.29) is 5.69 Å². The van der Waals surface area contributed by atoms with E-state index in [9.17, 15) is 10.1 Å². The minimum Gasteiger partial charge on any atom is -0.341 e. The largest absolute Gasteiger partial charge is 0.341 e. The first-order valence-corrected chi connectivity index (χ1v) is 10.7. The number of aromatic nitrogens is 6. The van der Waals surface area contributed by atoms with E-state index in [4.69, 9.17) is 0 Å². The Labute approximate surface area is 200 Å². The van der Waals surface area contributed by atoms with Gasteiger partial charge in [-0.15, -0.1) is 0 Å². The minimum atomic E-state index is -0.405. The lowest BCUT2D eigenvalue weighted by Crippen LogP contribution is -2.14. The van der Waals surface area contributed by atoms with E-state index < -0.39 is 5.91 Å². The maximum absolute atomic E-state index is 12.7. The van der Waals surface area contributed by atoms with Gasteiger partial charge < -0.3 is 15.6 Å². The summed E-state index contributed by atoms with van der Waals surface area (Å²) in [6.07, 6.45) is 6.24. The van der Waals surface area contributed by atoms with Crippen LogP contribution < -0.4 is 10.6 Å². The number of pyridine rings is 2. The zero-order chi connectivity index (χ0) is 24.4. The van der Waals surface area contributed by atoms with Gasteiger partial charge in [-0.1, -0.05) is 6.07 Å². The maximum atomic E-state index is 12.7. The van der Waals surface area contributed by atoms with Crippen LogP contribution in [0.1, 0.15) is 27.2 Å². The Morgan fingerprint density at radius 2 is 1.91 bits per heavy atom. The van der Waals surface area contributed by atoms with Crippen molar-refractivity contribution in [3.8, 4) is 17.3 Å². The molecule has 0 atom stereocenters. The molecular formula is C25H19N9O. The average Bonchev–Trinajstić information content (AvgIpc) is 3.36. The van der Waals surface area contributed by atoms with Gasteiger partial charge in [-0.05, 0) is 55.3 Å². The summed E-state index contributed by atoms with van der Waals surface area (Å²) in [7, 11) is 0. The number of nitriles is 1. The monoisotopic (exact) mass is 461 g/mol. The molecule has 1 amide bonds. The first-order chi connectivity index (χ1) is 17.0. The average molecular weight is 461 g/mol. The van der Waals surface area contributed by atoms with Crippen LogP contribution in [-0.4, -0.2) is 35.8 Å². The molecule has 10 nitrogen and oxygen atoms in total. The number of benzene rings is 1. The molecule has 0 radical (unpaired) electrons. The topological polar surface area (TPSA) is 145 Å². The van der Waals surface area contributed by atoms with E-state index >= 15 is 0 Å². The van der Waals surface area contributed by atoms with Crippen molar-refractivity contribution in [1.82, 2.24) is 29.9 Å². The van der Waals surface area contributed by atoms with Gasteiger partial charge in [0.15, 0.2) is 5.65 Å². The minimum absolute atomic E-state index is 0.168. The standard InChI is InChI=1S/C25H19N9O/c1-14-5-6-17(33-25(35)20-8-16(10-26)15(2)11-28-20)9-19(14)34-23-18(4-3-7-27-23)21-22-24(31-12-29-21)32-13-30-22/h3-9,11-13H,1-2H3,(H,27,34)(H,33,35)(H,29,30,31,32). The molecule has 0 aliphatic rings. The lowest BCUT2D eigenvalue weighted by Gasteiger charge is -2.14. The second kappa shape index (κ2) is 8.99. The molecule has 5 rings (SSSR count). The summed E-state index contributed by atoms with van der Waals surface area (Å²) in [5, 5.41) is 15.4. The van der Waals surface area contributed by atoms with E-state index in [1.807, 2.05) is 31.2 Å². The molecule has 0 unspecified atom stereocenters. The van der Waals surface area contributed by atoms with Crippen molar-refractivity contribution in [2.75, 3.05) is 10.6 Å². The quantitative estimate of drug-likeness (QED) is 0.351. The molecule has 0 saturated heterocycles. The molecule has 3 N–H and O–H groups in total. The fraction of sp³-hybridized carbons (Fsp3) is 0.0800. The number of carbonyl (C=O) groups excluding carboxylic acids is 1. The number of anilines is 3. The number of H-pyrrole nitrogens is 1. The van der Waals surface area contributed by atoms with Crippen molar-refractivity contribution in [3.63, 3.8) is 0 Å². The molecule has 0 aliphatic carbocycles. The summed E-state index contributed by atoms with van der Waals surface area (Å²) in [6.45, 7) is 3.73. The number of hydrogen-bond donors (Lipinski definition) is 3. The van der Waals surface area contributed by atoms with Crippen LogP contribution in [0.3, 0.4) is 0 Å². The highest BCUT2D eigenvalue weighted by Gasteiger charge is 2.15. The highest BCUT2D eigenvalue weighted by molar-refractivity contribution is 6.03. The fourth-order valence-corrected chi connectivity index (χ4v) is 3.59. The maximum Gasteiger partial charge on any atom is 0.274 e. The van der Waals surface area contributed by atoms with Crippen LogP contribution in [-0.2, 0) is 0 Å². The number of aromatic amines is 1. The number of rotatable bonds is 5. The molecule has 0 spiro atoms. The van der Waals surface area contributed by atoms with Crippen LogP contribution in [0.4, 0.5) is 17.2 Å². The van der Waals surface area contributed by atoms with Crippen molar-refractivity contribution in [3.05, 3.63) is 83.8 Å². The number of nitrogens with zero attached hydrogens (tertiary/aromatic N) is 6. The number of nitrogens with one attached hydrogen (secondary N) is 3. The predicted molar refractivity (Wildman–Crippen MR) is 131 cm³/mol. The van der Waals surface area contributed by atoms with Crippen LogP contribution in [0.5, 0.6) is 0 Å². The summed E-state index contributed by atoms with van der Waals surface area (Å²) >= 11 is 0. The Hall–Kier alpha value is -5.17. The van der Waals surface area contributed by atoms with Gasteiger partial charge in [-0.3, -0.25) is 9.78 Å². The van der Waals surface area contributed by atoms with Gasteiger partial charge >= 0.3 is 0 Å². The first-order valence-electron chi connectivity index (χ1n) is 10.7. The Kier molecular flexibility index (Phi) is 5.57. The summed E-state index contributed by atoms with van der Waals surface area (Å²) in [5.74, 6) is 0.185. The Morgan fingerprint density at radius 3 is 2.77 bits per heavy atom. The molecule has 0 bridgehead atoms.